The van der Waals surface area contributed by atoms with Gasteiger partial charge in [0.15, 0.2) is 0 Å². The van der Waals surface area contributed by atoms with Gasteiger partial charge in [-0.1, -0.05) is 60.7 Å². The number of carbonyl (C=O) groups is 2. The molecular formula is C26H25N3O3. The van der Waals surface area contributed by atoms with Gasteiger partial charge in [0.25, 0.3) is 0 Å². The molecule has 1 aromatic heterocycles. The molecule has 3 aliphatic heterocycles. The van der Waals surface area contributed by atoms with Crippen LogP contribution in [0.1, 0.15) is 11.1 Å². The molecular weight excluding hydrogens is 402 g/mol. The maximum absolute atomic E-state index is 13.4. The molecule has 4 atom stereocenters. The van der Waals surface area contributed by atoms with Crippen molar-refractivity contribution in [2.45, 2.75) is 24.7 Å². The van der Waals surface area contributed by atoms with Gasteiger partial charge in [-0.2, -0.15) is 0 Å². The average molecular weight is 428 g/mol. The highest BCUT2D eigenvalue weighted by Gasteiger charge is 2.66. The van der Waals surface area contributed by atoms with Gasteiger partial charge in [0.1, 0.15) is 5.60 Å². The summed E-state index contributed by atoms with van der Waals surface area (Å²) in [5, 5.41) is 4.20. The molecule has 0 radical (unpaired) electrons. The molecule has 2 saturated heterocycles. The van der Waals surface area contributed by atoms with E-state index < -0.39 is 17.4 Å². The summed E-state index contributed by atoms with van der Waals surface area (Å²) in [6.45, 7) is 1.57. The maximum Gasteiger partial charge on any atom is 0.230 e. The van der Waals surface area contributed by atoms with Crippen molar-refractivity contribution in [1.82, 2.24) is 15.2 Å². The molecule has 162 valence electrons. The first kappa shape index (κ1) is 19.3. The van der Waals surface area contributed by atoms with E-state index in [0.29, 0.717) is 19.6 Å². The lowest BCUT2D eigenvalue weighted by molar-refractivity contribution is -0.137. The van der Waals surface area contributed by atoms with Gasteiger partial charge in [-0.3, -0.25) is 9.59 Å². The largest absolute Gasteiger partial charge is 0.361 e. The Morgan fingerprint density at radius 2 is 1.97 bits per heavy atom. The molecule has 2 amide bonds. The number of hydrogen-bond acceptors (Lipinski definition) is 3. The number of benzene rings is 2. The number of aromatic nitrogens is 1. The first-order valence-electron chi connectivity index (χ1n) is 11.2. The van der Waals surface area contributed by atoms with Gasteiger partial charge in [0, 0.05) is 30.2 Å². The molecule has 3 aliphatic rings. The lowest BCUT2D eigenvalue weighted by Crippen LogP contribution is -2.44. The number of ether oxygens (including phenoxy) is 1. The Kier molecular flexibility index (Phi) is 4.43. The van der Waals surface area contributed by atoms with Crippen molar-refractivity contribution >= 4 is 22.7 Å². The van der Waals surface area contributed by atoms with Crippen LogP contribution in [0.5, 0.6) is 0 Å². The van der Waals surface area contributed by atoms with E-state index in [1.165, 1.54) is 10.9 Å². The van der Waals surface area contributed by atoms with Crippen molar-refractivity contribution in [2.75, 3.05) is 13.1 Å². The monoisotopic (exact) mass is 427 g/mol. The second-order valence-corrected chi connectivity index (χ2v) is 8.97. The second-order valence-electron chi connectivity index (χ2n) is 8.97. The molecule has 6 nitrogen and oxygen atoms in total. The number of rotatable bonds is 6. The van der Waals surface area contributed by atoms with Crippen LogP contribution in [0, 0.1) is 11.8 Å². The Morgan fingerprint density at radius 3 is 2.84 bits per heavy atom. The van der Waals surface area contributed by atoms with Crippen LogP contribution in [0.4, 0.5) is 0 Å². The molecule has 4 heterocycles. The van der Waals surface area contributed by atoms with Crippen LogP contribution in [0.25, 0.3) is 10.9 Å². The first-order valence-corrected chi connectivity index (χ1v) is 11.2. The van der Waals surface area contributed by atoms with Gasteiger partial charge in [-0.25, -0.2) is 0 Å². The van der Waals surface area contributed by atoms with Crippen LogP contribution in [-0.2, 0) is 27.3 Å². The normalized spacial score (nSPS) is 27.9. The summed E-state index contributed by atoms with van der Waals surface area (Å²) in [6, 6.07) is 18.0. The van der Waals surface area contributed by atoms with Crippen LogP contribution in [0.3, 0.4) is 0 Å². The molecule has 6 heteroatoms. The van der Waals surface area contributed by atoms with E-state index in [2.05, 4.69) is 22.4 Å². The van der Waals surface area contributed by atoms with Crippen LogP contribution < -0.4 is 5.32 Å². The number of amides is 2. The fraction of sp³-hybridized carbons (Fsp3) is 0.308. The summed E-state index contributed by atoms with van der Waals surface area (Å²) in [5.74, 6) is -1.01. The molecule has 2 bridgehead atoms. The van der Waals surface area contributed by atoms with Crippen LogP contribution in [0.15, 0.2) is 72.9 Å². The van der Waals surface area contributed by atoms with E-state index in [1.54, 1.807) is 0 Å². The van der Waals surface area contributed by atoms with Gasteiger partial charge in [0.2, 0.25) is 11.8 Å². The van der Waals surface area contributed by atoms with Gasteiger partial charge in [-0.05, 0) is 23.6 Å². The third-order valence-electron chi connectivity index (χ3n) is 7.12. The summed E-state index contributed by atoms with van der Waals surface area (Å²) < 4.78 is 6.24. The Labute approximate surface area is 186 Å². The molecule has 0 saturated carbocycles. The summed E-state index contributed by atoms with van der Waals surface area (Å²) in [5.41, 5.74) is 2.66. The predicted octanol–water partition coefficient (Wildman–Crippen LogP) is 2.81. The number of aromatic amines is 1. The zero-order valence-electron chi connectivity index (χ0n) is 17.7. The number of nitrogens with zero attached hydrogens (tertiary/aromatic N) is 1. The summed E-state index contributed by atoms with van der Waals surface area (Å²) in [7, 11) is 0. The molecule has 2 aromatic carbocycles. The molecule has 3 aromatic rings. The minimum absolute atomic E-state index is 0.0246. The number of H-pyrrole nitrogens is 1. The van der Waals surface area contributed by atoms with E-state index in [9.17, 15) is 9.59 Å². The zero-order valence-corrected chi connectivity index (χ0v) is 17.7. The molecule has 2 N–H and O–H groups in total. The van der Waals surface area contributed by atoms with Gasteiger partial charge in [0.05, 0.1) is 24.5 Å². The fourth-order valence-electron chi connectivity index (χ4n) is 5.56. The van der Waals surface area contributed by atoms with Crippen LogP contribution in [-0.4, -0.2) is 46.5 Å². The smallest absolute Gasteiger partial charge is 0.230 e. The highest BCUT2D eigenvalue weighted by atomic mass is 16.5. The molecule has 0 unspecified atom stereocenters. The molecule has 0 aliphatic carbocycles. The number of hydrogen-bond donors (Lipinski definition) is 2. The lowest BCUT2D eigenvalue weighted by atomic mass is 9.77. The Morgan fingerprint density at radius 1 is 1.16 bits per heavy atom. The summed E-state index contributed by atoms with van der Waals surface area (Å²) in [6.07, 6.45) is 6.42. The number of nitrogens with one attached hydrogen (secondary N) is 2. The van der Waals surface area contributed by atoms with E-state index in [0.717, 1.165) is 17.5 Å². The molecule has 32 heavy (non-hydrogen) atoms. The van der Waals surface area contributed by atoms with Crippen molar-refractivity contribution < 1.29 is 14.3 Å². The predicted molar refractivity (Wildman–Crippen MR) is 121 cm³/mol. The fourth-order valence-corrected chi connectivity index (χ4v) is 5.56. The minimum atomic E-state index is -0.670. The van der Waals surface area contributed by atoms with Crippen molar-refractivity contribution in [2.24, 2.45) is 11.8 Å². The maximum atomic E-state index is 13.4. The van der Waals surface area contributed by atoms with Crippen molar-refractivity contribution in [3.8, 4) is 0 Å². The summed E-state index contributed by atoms with van der Waals surface area (Å²) in [4.78, 5) is 31.7. The Bertz CT molecular complexity index is 1220. The average Bonchev–Trinajstić information content (AvgIpc) is 3.56. The molecule has 1 spiro atoms. The highest BCUT2D eigenvalue weighted by molar-refractivity contribution is 5.93. The summed E-state index contributed by atoms with van der Waals surface area (Å²) >= 11 is 0. The number of likely N-dealkylation sites (tertiary alicyclic amines) is 1. The third kappa shape index (κ3) is 2.98. The second kappa shape index (κ2) is 7.35. The minimum Gasteiger partial charge on any atom is -0.361 e. The van der Waals surface area contributed by atoms with Crippen molar-refractivity contribution in [1.29, 1.82) is 0 Å². The Balaban J connectivity index is 1.17. The standard InChI is InChI=1S/C26H25N3O3/c30-24(28-14-17-6-2-1-3-7-17)22-21-10-12-26(32-21)16-29(25(31)23(22)26)13-11-18-15-27-20-9-5-4-8-19(18)20/h1-10,12,15,21-23,27H,11,13-14,16H2,(H,28,30)/t21-,22-,23-,26+/m1/s1. The number of para-hydroxylation sites is 1. The molecule has 2 fully saturated rings. The van der Waals surface area contributed by atoms with Gasteiger partial charge < -0.3 is 19.9 Å². The van der Waals surface area contributed by atoms with Crippen LogP contribution >= 0.6 is 0 Å². The third-order valence-corrected chi connectivity index (χ3v) is 7.12. The van der Waals surface area contributed by atoms with Gasteiger partial charge >= 0.3 is 0 Å². The molecule has 6 rings (SSSR count). The lowest BCUT2D eigenvalue weighted by Gasteiger charge is -2.23. The topological polar surface area (TPSA) is 74.4 Å². The zero-order chi connectivity index (χ0) is 21.7. The van der Waals surface area contributed by atoms with Crippen LogP contribution in [0.2, 0.25) is 0 Å². The highest BCUT2D eigenvalue weighted by Crippen LogP contribution is 2.51. The first-order chi connectivity index (χ1) is 15.6. The van der Waals surface area contributed by atoms with Gasteiger partial charge in [-0.15, -0.1) is 0 Å². The quantitative estimate of drug-likeness (QED) is 0.594. The van der Waals surface area contributed by atoms with E-state index in [-0.39, 0.29) is 17.9 Å². The number of carbonyl (C=O) groups excluding carboxylic acids is 2. The SMILES string of the molecule is O=C(NCc1ccccc1)[C@@H]1[C@H]2C=C[C@@]3(CN(CCc4c[nH]c5ccccc45)C(=O)[C@@H]13)O2. The number of fused-ring (bicyclic) bond motifs is 2. The van der Waals surface area contributed by atoms with Crippen molar-refractivity contribution in [3.63, 3.8) is 0 Å². The van der Waals surface area contributed by atoms with E-state index in [1.807, 2.05) is 65.7 Å². The van der Waals surface area contributed by atoms with E-state index >= 15 is 0 Å². The Hall–Kier alpha value is -3.38. The van der Waals surface area contributed by atoms with E-state index in [4.69, 9.17) is 4.74 Å². The van der Waals surface area contributed by atoms with Crippen molar-refractivity contribution in [3.05, 3.63) is 84.1 Å².